The molecule has 0 fully saturated rings. The molecule has 0 aromatic carbocycles. The molecule has 3 aromatic heterocycles. The monoisotopic (exact) mass is 266 g/mol. The van der Waals surface area contributed by atoms with Crippen molar-refractivity contribution < 1.29 is 4.39 Å². The topological polar surface area (TPSA) is 64.7 Å². The Morgan fingerprint density at radius 2 is 1.65 bits per heavy atom. The van der Waals surface area contributed by atoms with Crippen LogP contribution in [0.2, 0.25) is 0 Å². The second-order valence-electron chi connectivity index (χ2n) is 4.24. The van der Waals surface area contributed by atoms with E-state index >= 15 is 0 Å². The van der Waals surface area contributed by atoms with Gasteiger partial charge in [0.05, 0.1) is 5.69 Å². The molecule has 20 heavy (non-hydrogen) atoms. The van der Waals surface area contributed by atoms with Gasteiger partial charge in [-0.2, -0.15) is 4.39 Å². The van der Waals surface area contributed by atoms with Crippen LogP contribution < -0.4 is 5.73 Å². The first-order chi connectivity index (χ1) is 9.74. The maximum Gasteiger partial charge on any atom is 0.213 e. The largest absolute Gasteiger partial charge is 0.384 e. The zero-order chi connectivity index (χ0) is 13.9. The Balaban J connectivity index is 2.22. The highest BCUT2D eigenvalue weighted by atomic mass is 19.1. The standard InChI is InChI=1S/C15H11FN4/c16-13-9-11(5-8-19-13)12-1-2-14(17)20-15(12)10-3-6-18-7-4-10/h1-9H,(H2,17,20). The Labute approximate surface area is 115 Å². The molecule has 5 heteroatoms. The van der Waals surface area contributed by atoms with Crippen LogP contribution in [0.4, 0.5) is 10.2 Å². The predicted octanol–water partition coefficient (Wildman–Crippen LogP) is 2.93. The molecule has 4 nitrogen and oxygen atoms in total. The molecule has 0 radical (unpaired) electrons. The Morgan fingerprint density at radius 3 is 2.40 bits per heavy atom. The second kappa shape index (κ2) is 5.05. The highest BCUT2D eigenvalue weighted by Gasteiger charge is 2.10. The summed E-state index contributed by atoms with van der Waals surface area (Å²) in [5.74, 6) is -0.116. The van der Waals surface area contributed by atoms with Gasteiger partial charge in [0.15, 0.2) is 0 Å². The Kier molecular flexibility index (Phi) is 3.09. The van der Waals surface area contributed by atoms with Gasteiger partial charge in [0.1, 0.15) is 5.82 Å². The molecule has 3 rings (SSSR count). The highest BCUT2D eigenvalue weighted by molar-refractivity contribution is 5.81. The summed E-state index contributed by atoms with van der Waals surface area (Å²) in [6, 6.07) is 10.3. The molecular formula is C15H11FN4. The maximum absolute atomic E-state index is 13.3. The number of nitrogens with two attached hydrogens (primary N) is 1. The van der Waals surface area contributed by atoms with Gasteiger partial charge in [-0.3, -0.25) is 4.98 Å². The van der Waals surface area contributed by atoms with Crippen molar-refractivity contribution in [2.24, 2.45) is 0 Å². The minimum Gasteiger partial charge on any atom is -0.384 e. The number of aromatic nitrogens is 3. The van der Waals surface area contributed by atoms with Gasteiger partial charge in [0.25, 0.3) is 0 Å². The van der Waals surface area contributed by atoms with Crippen molar-refractivity contribution in [3.8, 4) is 22.4 Å². The summed E-state index contributed by atoms with van der Waals surface area (Å²) in [4.78, 5) is 11.9. The van der Waals surface area contributed by atoms with Gasteiger partial charge in [0.2, 0.25) is 5.95 Å². The second-order valence-corrected chi connectivity index (χ2v) is 4.24. The molecule has 98 valence electrons. The third kappa shape index (κ3) is 2.33. The molecule has 0 atom stereocenters. The molecule has 3 heterocycles. The van der Waals surface area contributed by atoms with E-state index in [9.17, 15) is 4.39 Å². The predicted molar refractivity (Wildman–Crippen MR) is 75.1 cm³/mol. The molecule has 0 bridgehead atoms. The lowest BCUT2D eigenvalue weighted by Crippen LogP contribution is -1.96. The lowest BCUT2D eigenvalue weighted by Gasteiger charge is -2.09. The molecule has 0 aliphatic heterocycles. The van der Waals surface area contributed by atoms with Gasteiger partial charge in [0, 0.05) is 35.8 Å². The first-order valence-corrected chi connectivity index (χ1v) is 6.03. The zero-order valence-corrected chi connectivity index (χ0v) is 10.5. The van der Waals surface area contributed by atoms with E-state index in [2.05, 4.69) is 15.0 Å². The van der Waals surface area contributed by atoms with Crippen LogP contribution in [0.3, 0.4) is 0 Å². The molecule has 3 aromatic rings. The number of halogens is 1. The van der Waals surface area contributed by atoms with Crippen LogP contribution in [0.25, 0.3) is 22.4 Å². The molecule has 0 amide bonds. The number of hydrogen-bond donors (Lipinski definition) is 1. The third-order valence-electron chi connectivity index (χ3n) is 2.91. The normalized spacial score (nSPS) is 10.4. The average Bonchev–Trinajstić information content (AvgIpc) is 2.48. The van der Waals surface area contributed by atoms with Crippen LogP contribution in [-0.4, -0.2) is 15.0 Å². The van der Waals surface area contributed by atoms with Crippen molar-refractivity contribution in [3.63, 3.8) is 0 Å². The number of rotatable bonds is 2. The summed E-state index contributed by atoms with van der Waals surface area (Å²) in [6.45, 7) is 0. The number of nitrogen functional groups attached to an aromatic ring is 1. The fraction of sp³-hybridized carbons (Fsp3) is 0. The van der Waals surface area contributed by atoms with Gasteiger partial charge in [-0.1, -0.05) is 0 Å². The van der Waals surface area contributed by atoms with Crippen LogP contribution in [0.5, 0.6) is 0 Å². The van der Waals surface area contributed by atoms with Gasteiger partial charge >= 0.3 is 0 Å². The van der Waals surface area contributed by atoms with E-state index in [0.29, 0.717) is 17.1 Å². The number of pyridine rings is 3. The fourth-order valence-corrected chi connectivity index (χ4v) is 2.01. The van der Waals surface area contributed by atoms with E-state index in [0.717, 1.165) is 11.1 Å². The smallest absolute Gasteiger partial charge is 0.213 e. The van der Waals surface area contributed by atoms with Crippen LogP contribution >= 0.6 is 0 Å². The quantitative estimate of drug-likeness (QED) is 0.724. The lowest BCUT2D eigenvalue weighted by molar-refractivity contribution is 0.584. The summed E-state index contributed by atoms with van der Waals surface area (Å²) in [5.41, 5.74) is 8.83. The van der Waals surface area contributed by atoms with E-state index in [1.807, 2.05) is 18.2 Å². The van der Waals surface area contributed by atoms with E-state index in [1.165, 1.54) is 12.3 Å². The molecule has 0 saturated carbocycles. The third-order valence-corrected chi connectivity index (χ3v) is 2.91. The van der Waals surface area contributed by atoms with Gasteiger partial charge < -0.3 is 5.73 Å². The number of hydrogen-bond acceptors (Lipinski definition) is 4. The number of anilines is 1. The minimum absolute atomic E-state index is 0.412. The van der Waals surface area contributed by atoms with E-state index in [-0.39, 0.29) is 0 Å². The van der Waals surface area contributed by atoms with Crippen molar-refractivity contribution in [1.29, 1.82) is 0 Å². The molecule has 2 N–H and O–H groups in total. The van der Waals surface area contributed by atoms with Crippen molar-refractivity contribution in [3.05, 3.63) is 60.9 Å². The first-order valence-electron chi connectivity index (χ1n) is 6.03. The molecule has 0 spiro atoms. The Morgan fingerprint density at radius 1 is 0.900 bits per heavy atom. The first kappa shape index (κ1) is 12.2. The lowest BCUT2D eigenvalue weighted by atomic mass is 10.0. The van der Waals surface area contributed by atoms with Crippen molar-refractivity contribution in [1.82, 2.24) is 15.0 Å². The summed E-state index contributed by atoms with van der Waals surface area (Å²) >= 11 is 0. The van der Waals surface area contributed by atoms with E-state index < -0.39 is 5.95 Å². The van der Waals surface area contributed by atoms with E-state index in [1.54, 1.807) is 24.5 Å². The molecule has 0 saturated heterocycles. The van der Waals surface area contributed by atoms with Gasteiger partial charge in [-0.15, -0.1) is 0 Å². The van der Waals surface area contributed by atoms with Crippen LogP contribution in [0.1, 0.15) is 0 Å². The maximum atomic E-state index is 13.3. The van der Waals surface area contributed by atoms with Crippen LogP contribution in [-0.2, 0) is 0 Å². The summed E-state index contributed by atoms with van der Waals surface area (Å²) < 4.78 is 13.3. The van der Waals surface area contributed by atoms with Crippen LogP contribution in [0.15, 0.2) is 55.0 Å². The minimum atomic E-state index is -0.528. The average molecular weight is 266 g/mol. The van der Waals surface area contributed by atoms with Gasteiger partial charge in [-0.25, -0.2) is 9.97 Å². The van der Waals surface area contributed by atoms with Crippen molar-refractivity contribution in [2.75, 3.05) is 5.73 Å². The van der Waals surface area contributed by atoms with Gasteiger partial charge in [-0.05, 0) is 35.9 Å². The van der Waals surface area contributed by atoms with Crippen molar-refractivity contribution in [2.45, 2.75) is 0 Å². The Hall–Kier alpha value is -2.82. The number of nitrogens with zero attached hydrogens (tertiary/aromatic N) is 3. The summed E-state index contributed by atoms with van der Waals surface area (Å²) in [7, 11) is 0. The fourth-order valence-electron chi connectivity index (χ4n) is 2.01. The Bertz CT molecular complexity index is 744. The molecule has 0 unspecified atom stereocenters. The molecular weight excluding hydrogens is 255 g/mol. The molecule has 0 aliphatic rings. The molecule has 0 aliphatic carbocycles. The summed E-state index contributed by atoms with van der Waals surface area (Å²) in [5, 5.41) is 0. The van der Waals surface area contributed by atoms with Crippen molar-refractivity contribution >= 4 is 5.82 Å². The van der Waals surface area contributed by atoms with E-state index in [4.69, 9.17) is 5.73 Å². The van der Waals surface area contributed by atoms with Crippen LogP contribution in [0, 0.1) is 5.95 Å². The SMILES string of the molecule is Nc1ccc(-c2ccnc(F)c2)c(-c2ccncc2)n1. The summed E-state index contributed by atoms with van der Waals surface area (Å²) in [6.07, 6.45) is 4.78. The highest BCUT2D eigenvalue weighted by Crippen LogP contribution is 2.30. The zero-order valence-electron chi connectivity index (χ0n) is 10.5.